The second kappa shape index (κ2) is 8.15. The number of aromatic nitrogens is 3. The maximum absolute atomic E-state index is 15.1. The minimum Gasteiger partial charge on any atom is -0.383 e. The topological polar surface area (TPSA) is 113 Å². The summed E-state index contributed by atoms with van der Waals surface area (Å²) in [6.45, 7) is 2.06. The van der Waals surface area contributed by atoms with E-state index in [1.807, 2.05) is 0 Å². The molecule has 0 saturated carbocycles. The summed E-state index contributed by atoms with van der Waals surface area (Å²) in [6.07, 6.45) is 4.76. The molecule has 2 atom stereocenters. The molecule has 0 amide bonds. The first kappa shape index (κ1) is 19.9. The van der Waals surface area contributed by atoms with Gasteiger partial charge in [-0.25, -0.2) is 23.7 Å². The third kappa shape index (κ3) is 3.73. The number of pyridine rings is 1. The van der Waals surface area contributed by atoms with Crippen molar-refractivity contribution in [3.05, 3.63) is 54.0 Å². The summed E-state index contributed by atoms with van der Waals surface area (Å²) in [5.74, 6) is -1.18. The lowest BCUT2D eigenvalue weighted by Gasteiger charge is -2.15. The maximum atomic E-state index is 15.1. The molecule has 0 saturated heterocycles. The first-order valence-corrected chi connectivity index (χ1v) is 10.5. The third-order valence-corrected chi connectivity index (χ3v) is 6.52. The third-order valence-electron chi connectivity index (χ3n) is 4.63. The van der Waals surface area contributed by atoms with E-state index in [0.29, 0.717) is 22.1 Å². The average molecular weight is 427 g/mol. The van der Waals surface area contributed by atoms with Gasteiger partial charge in [0.05, 0.1) is 16.9 Å². The zero-order valence-corrected chi connectivity index (χ0v) is 16.8. The standard InChI is InChI=1S/C20H19F2N7S/c1-2-11-9-30(11)29-15-6-5-14(21)18(16(15)22)28-20-12(4-3-7-25-20)17-13(8-23)19(24)27-10-26-17/h3-11,23,29H,2H2,1H3,(H,25,28)(H2,24,26,27). The van der Waals surface area contributed by atoms with Gasteiger partial charge in [0, 0.05) is 23.2 Å². The summed E-state index contributed by atoms with van der Waals surface area (Å²) < 4.78 is 32.7. The lowest BCUT2D eigenvalue weighted by molar-refractivity contribution is 0.593. The lowest BCUT2D eigenvalue weighted by Crippen LogP contribution is -2.06. The van der Waals surface area contributed by atoms with E-state index in [2.05, 4.69) is 37.3 Å². The van der Waals surface area contributed by atoms with Crippen LogP contribution < -0.4 is 15.8 Å². The highest BCUT2D eigenvalue weighted by Crippen LogP contribution is 2.39. The summed E-state index contributed by atoms with van der Waals surface area (Å²) in [4.78, 5) is 12.3. The van der Waals surface area contributed by atoms with Crippen molar-refractivity contribution in [2.45, 2.75) is 18.6 Å². The number of nitrogens with one attached hydrogen (secondary N) is 3. The number of hydrogen-bond acceptors (Lipinski definition) is 7. The molecular formula is C20H19F2N7S. The van der Waals surface area contributed by atoms with Crippen LogP contribution >= 0.6 is 10.7 Å². The molecule has 0 bridgehead atoms. The van der Waals surface area contributed by atoms with Crippen molar-refractivity contribution in [1.82, 2.24) is 15.0 Å². The number of nitrogens with zero attached hydrogens (tertiary/aromatic N) is 3. The van der Waals surface area contributed by atoms with Crippen LogP contribution in [0.1, 0.15) is 18.9 Å². The molecule has 10 heteroatoms. The fourth-order valence-corrected chi connectivity index (χ4v) is 4.58. The molecule has 1 aliphatic heterocycles. The maximum Gasteiger partial charge on any atom is 0.173 e. The monoisotopic (exact) mass is 427 g/mol. The molecule has 5 N–H and O–H groups in total. The summed E-state index contributed by atoms with van der Waals surface area (Å²) in [5, 5.41) is 12.9. The summed E-state index contributed by atoms with van der Waals surface area (Å²) in [6, 6.07) is 5.93. The smallest absolute Gasteiger partial charge is 0.173 e. The molecule has 0 fully saturated rings. The van der Waals surface area contributed by atoms with Crippen LogP contribution in [-0.4, -0.2) is 31.8 Å². The van der Waals surface area contributed by atoms with Crippen molar-refractivity contribution in [2.24, 2.45) is 0 Å². The molecular weight excluding hydrogens is 408 g/mol. The largest absolute Gasteiger partial charge is 0.383 e. The highest BCUT2D eigenvalue weighted by Gasteiger charge is 2.24. The molecule has 2 aromatic heterocycles. The predicted molar refractivity (Wildman–Crippen MR) is 119 cm³/mol. The second-order valence-corrected chi connectivity index (χ2v) is 8.36. The van der Waals surface area contributed by atoms with Gasteiger partial charge in [-0.05, 0) is 36.1 Å². The van der Waals surface area contributed by atoms with Crippen LogP contribution in [0.25, 0.3) is 11.3 Å². The molecule has 7 nitrogen and oxygen atoms in total. The number of nitrogen functional groups attached to an aromatic ring is 1. The van der Waals surface area contributed by atoms with Gasteiger partial charge in [-0.1, -0.05) is 17.6 Å². The Kier molecular flexibility index (Phi) is 5.40. The molecule has 3 aromatic rings. The SMILES string of the molecule is CCC1C=S1Nc1ccc(F)c(Nc2ncccc2-c2ncnc(N)c2C=N)c1F. The highest BCUT2D eigenvalue weighted by atomic mass is 32.2. The van der Waals surface area contributed by atoms with Gasteiger partial charge in [0.25, 0.3) is 0 Å². The fourth-order valence-electron chi connectivity index (χ4n) is 2.97. The van der Waals surface area contributed by atoms with E-state index in [9.17, 15) is 4.39 Å². The van der Waals surface area contributed by atoms with E-state index in [1.165, 1.54) is 24.7 Å². The molecule has 0 radical (unpaired) electrons. The van der Waals surface area contributed by atoms with Gasteiger partial charge < -0.3 is 21.2 Å². The van der Waals surface area contributed by atoms with Crippen molar-refractivity contribution in [1.29, 1.82) is 5.41 Å². The van der Waals surface area contributed by atoms with E-state index < -0.39 is 11.6 Å². The van der Waals surface area contributed by atoms with Gasteiger partial charge in [0.1, 0.15) is 29.5 Å². The van der Waals surface area contributed by atoms with E-state index in [4.69, 9.17) is 11.1 Å². The van der Waals surface area contributed by atoms with Crippen molar-refractivity contribution in [3.63, 3.8) is 0 Å². The molecule has 30 heavy (non-hydrogen) atoms. The van der Waals surface area contributed by atoms with Gasteiger partial charge in [-0.3, -0.25) is 0 Å². The van der Waals surface area contributed by atoms with Crippen LogP contribution in [0.3, 0.4) is 0 Å². The Labute approximate surface area is 174 Å². The molecule has 0 spiro atoms. The average Bonchev–Trinajstić information content (AvgIpc) is 3.51. The van der Waals surface area contributed by atoms with Gasteiger partial charge >= 0.3 is 0 Å². The van der Waals surface area contributed by atoms with Crippen molar-refractivity contribution >= 4 is 45.3 Å². The van der Waals surface area contributed by atoms with Crippen LogP contribution in [0.5, 0.6) is 0 Å². The zero-order chi connectivity index (χ0) is 21.3. The fraction of sp³-hybridized carbons (Fsp3) is 0.150. The minimum atomic E-state index is -0.751. The van der Waals surface area contributed by atoms with Crippen LogP contribution in [0, 0.1) is 17.0 Å². The molecule has 1 aliphatic rings. The van der Waals surface area contributed by atoms with Gasteiger partial charge in [0.15, 0.2) is 5.82 Å². The number of rotatable bonds is 7. The quantitative estimate of drug-likeness (QED) is 0.330. The Balaban J connectivity index is 1.72. The van der Waals surface area contributed by atoms with Crippen LogP contribution in [0.15, 0.2) is 36.8 Å². The Morgan fingerprint density at radius 3 is 2.80 bits per heavy atom. The van der Waals surface area contributed by atoms with Crippen molar-refractivity contribution in [3.8, 4) is 11.3 Å². The number of halogens is 2. The summed E-state index contributed by atoms with van der Waals surface area (Å²) in [7, 11) is -0.204. The van der Waals surface area contributed by atoms with Crippen LogP contribution in [0.4, 0.5) is 31.8 Å². The molecule has 2 unspecified atom stereocenters. The van der Waals surface area contributed by atoms with E-state index in [0.717, 1.165) is 12.6 Å². The van der Waals surface area contributed by atoms with Crippen molar-refractivity contribution in [2.75, 3.05) is 15.8 Å². The number of anilines is 4. The predicted octanol–water partition coefficient (Wildman–Crippen LogP) is 4.33. The summed E-state index contributed by atoms with van der Waals surface area (Å²) in [5.41, 5.74) is 6.80. The second-order valence-electron chi connectivity index (χ2n) is 6.53. The highest BCUT2D eigenvalue weighted by molar-refractivity contribution is 8.24. The Bertz CT molecular complexity index is 1170. The number of benzene rings is 1. The zero-order valence-electron chi connectivity index (χ0n) is 16.0. The molecule has 3 heterocycles. The normalized spacial score (nSPS) is 17.2. The van der Waals surface area contributed by atoms with E-state index in [-0.39, 0.29) is 33.7 Å². The Morgan fingerprint density at radius 1 is 1.23 bits per heavy atom. The molecule has 1 aromatic carbocycles. The Hall–Kier alpha value is -3.40. The van der Waals surface area contributed by atoms with Gasteiger partial charge in [-0.2, -0.15) is 0 Å². The molecule has 154 valence electrons. The van der Waals surface area contributed by atoms with E-state index in [1.54, 1.807) is 12.1 Å². The lowest BCUT2D eigenvalue weighted by atomic mass is 10.1. The number of nitrogens with two attached hydrogens (primary N) is 1. The minimum absolute atomic E-state index is 0.125. The summed E-state index contributed by atoms with van der Waals surface area (Å²) >= 11 is 0. The van der Waals surface area contributed by atoms with Gasteiger partial charge in [-0.15, -0.1) is 0 Å². The van der Waals surface area contributed by atoms with Gasteiger partial charge in [0.2, 0.25) is 0 Å². The van der Waals surface area contributed by atoms with Crippen molar-refractivity contribution < 1.29 is 8.78 Å². The molecule has 4 rings (SSSR count). The number of hydrogen-bond donors (Lipinski definition) is 4. The first-order valence-electron chi connectivity index (χ1n) is 9.18. The van der Waals surface area contributed by atoms with Crippen LogP contribution in [0.2, 0.25) is 0 Å². The van der Waals surface area contributed by atoms with Crippen LogP contribution in [-0.2, 0) is 0 Å². The first-order chi connectivity index (χ1) is 14.5. The molecule has 0 aliphatic carbocycles. The van der Waals surface area contributed by atoms with E-state index >= 15 is 4.39 Å². The Morgan fingerprint density at radius 2 is 2.07 bits per heavy atom.